The molecule has 1 heteroatoms. The van der Waals surface area contributed by atoms with Crippen molar-refractivity contribution in [3.05, 3.63) is 12.2 Å². The largest absolute Gasteiger partial charge is 0.393 e. The number of rotatable bonds is 0. The lowest BCUT2D eigenvalue weighted by molar-refractivity contribution is 0.167. The average molecular weight is 112 g/mol. The van der Waals surface area contributed by atoms with Gasteiger partial charge in [0.1, 0.15) is 0 Å². The fourth-order valence-corrected chi connectivity index (χ4v) is 0.960. The summed E-state index contributed by atoms with van der Waals surface area (Å²) < 4.78 is 0. The van der Waals surface area contributed by atoms with Crippen LogP contribution in [0.1, 0.15) is 25.7 Å². The lowest BCUT2D eigenvalue weighted by Gasteiger charge is -2.01. The predicted molar refractivity (Wildman–Crippen MR) is 33.6 cm³/mol. The van der Waals surface area contributed by atoms with E-state index in [0.29, 0.717) is 0 Å². The summed E-state index contributed by atoms with van der Waals surface area (Å²) >= 11 is 0. The van der Waals surface area contributed by atoms with Gasteiger partial charge in [-0.1, -0.05) is 12.2 Å². The van der Waals surface area contributed by atoms with Crippen molar-refractivity contribution in [3.63, 3.8) is 0 Å². The lowest BCUT2D eigenvalue weighted by atomic mass is 10.2. The molecule has 8 heavy (non-hydrogen) atoms. The molecule has 0 spiro atoms. The summed E-state index contributed by atoms with van der Waals surface area (Å²) in [5.74, 6) is 0. The van der Waals surface area contributed by atoms with Gasteiger partial charge >= 0.3 is 0 Å². The molecule has 0 amide bonds. The SMILES string of the molecule is O[C@H]1CC=CCCC1. The van der Waals surface area contributed by atoms with E-state index in [1.165, 1.54) is 0 Å². The van der Waals surface area contributed by atoms with E-state index in [9.17, 15) is 0 Å². The van der Waals surface area contributed by atoms with Gasteiger partial charge in [-0.3, -0.25) is 0 Å². The van der Waals surface area contributed by atoms with Crippen LogP contribution in [0.4, 0.5) is 0 Å². The Hall–Kier alpha value is -0.300. The van der Waals surface area contributed by atoms with Crippen molar-refractivity contribution in [2.45, 2.75) is 31.8 Å². The van der Waals surface area contributed by atoms with E-state index >= 15 is 0 Å². The zero-order valence-electron chi connectivity index (χ0n) is 5.01. The van der Waals surface area contributed by atoms with E-state index in [-0.39, 0.29) is 6.10 Å². The molecule has 0 saturated carbocycles. The maximum absolute atomic E-state index is 9.04. The maximum Gasteiger partial charge on any atom is 0.0574 e. The highest BCUT2D eigenvalue weighted by Crippen LogP contribution is 2.10. The van der Waals surface area contributed by atoms with Gasteiger partial charge in [-0.25, -0.2) is 0 Å². The first-order valence-electron chi connectivity index (χ1n) is 3.22. The van der Waals surface area contributed by atoms with Crippen molar-refractivity contribution >= 4 is 0 Å². The Morgan fingerprint density at radius 3 is 3.12 bits per heavy atom. The van der Waals surface area contributed by atoms with E-state index in [4.69, 9.17) is 5.11 Å². The molecule has 0 radical (unpaired) electrons. The van der Waals surface area contributed by atoms with Gasteiger partial charge in [0.2, 0.25) is 0 Å². The lowest BCUT2D eigenvalue weighted by Crippen LogP contribution is -2.01. The summed E-state index contributed by atoms with van der Waals surface area (Å²) in [6.07, 6.45) is 8.30. The first-order chi connectivity index (χ1) is 3.89. The molecule has 0 aromatic heterocycles. The minimum Gasteiger partial charge on any atom is -0.393 e. The van der Waals surface area contributed by atoms with Gasteiger partial charge in [0, 0.05) is 0 Å². The number of hydrogen-bond donors (Lipinski definition) is 1. The number of hydrogen-bond acceptors (Lipinski definition) is 1. The molecule has 0 aromatic carbocycles. The molecule has 1 aliphatic carbocycles. The van der Waals surface area contributed by atoms with Crippen LogP contribution in [0.15, 0.2) is 12.2 Å². The minimum absolute atomic E-state index is 0.0613. The van der Waals surface area contributed by atoms with Crippen LogP contribution < -0.4 is 0 Å². The van der Waals surface area contributed by atoms with Crippen molar-refractivity contribution in [1.82, 2.24) is 0 Å². The van der Waals surface area contributed by atoms with Crippen molar-refractivity contribution in [2.75, 3.05) is 0 Å². The molecule has 0 fully saturated rings. The van der Waals surface area contributed by atoms with E-state index in [2.05, 4.69) is 12.2 Å². The van der Waals surface area contributed by atoms with Crippen molar-refractivity contribution in [1.29, 1.82) is 0 Å². The van der Waals surface area contributed by atoms with E-state index in [1.54, 1.807) is 0 Å². The van der Waals surface area contributed by atoms with Crippen molar-refractivity contribution in [3.8, 4) is 0 Å². The number of aliphatic hydroxyl groups is 1. The fourth-order valence-electron chi connectivity index (χ4n) is 0.960. The molecule has 1 rings (SSSR count). The normalized spacial score (nSPS) is 29.9. The molecular weight excluding hydrogens is 100 g/mol. The van der Waals surface area contributed by atoms with Gasteiger partial charge in [-0.05, 0) is 25.7 Å². The zero-order valence-corrected chi connectivity index (χ0v) is 5.01. The summed E-state index contributed by atoms with van der Waals surface area (Å²) in [7, 11) is 0. The Morgan fingerprint density at radius 1 is 1.38 bits per heavy atom. The molecule has 0 aliphatic heterocycles. The Morgan fingerprint density at radius 2 is 2.25 bits per heavy atom. The van der Waals surface area contributed by atoms with Crippen LogP contribution in [0.5, 0.6) is 0 Å². The monoisotopic (exact) mass is 112 g/mol. The molecule has 0 unspecified atom stereocenters. The van der Waals surface area contributed by atoms with Crippen molar-refractivity contribution < 1.29 is 5.11 Å². The third kappa shape index (κ3) is 1.66. The number of aliphatic hydroxyl groups excluding tert-OH is 1. The molecule has 0 aromatic rings. The van der Waals surface area contributed by atoms with Crippen LogP contribution in [0.2, 0.25) is 0 Å². The van der Waals surface area contributed by atoms with Crippen LogP contribution in [-0.2, 0) is 0 Å². The summed E-state index contributed by atoms with van der Waals surface area (Å²) in [6.45, 7) is 0. The zero-order chi connectivity index (χ0) is 5.82. The van der Waals surface area contributed by atoms with Crippen LogP contribution in [0, 0.1) is 0 Å². The highest BCUT2D eigenvalue weighted by Gasteiger charge is 2.02. The summed E-state index contributed by atoms with van der Waals surface area (Å²) in [5.41, 5.74) is 0. The van der Waals surface area contributed by atoms with E-state index in [0.717, 1.165) is 25.7 Å². The smallest absolute Gasteiger partial charge is 0.0574 e. The Kier molecular flexibility index (Phi) is 2.10. The summed E-state index contributed by atoms with van der Waals surface area (Å²) in [5, 5.41) is 9.04. The van der Waals surface area contributed by atoms with Gasteiger partial charge in [0.25, 0.3) is 0 Å². The maximum atomic E-state index is 9.04. The Balaban J connectivity index is 2.30. The van der Waals surface area contributed by atoms with E-state index < -0.39 is 0 Å². The van der Waals surface area contributed by atoms with Gasteiger partial charge in [-0.15, -0.1) is 0 Å². The third-order valence-electron chi connectivity index (χ3n) is 1.48. The van der Waals surface area contributed by atoms with E-state index in [1.807, 2.05) is 0 Å². The van der Waals surface area contributed by atoms with Gasteiger partial charge in [0.05, 0.1) is 6.10 Å². The molecule has 1 atom stereocenters. The standard InChI is InChI=1S/C7H12O/c8-7-5-3-1-2-4-6-7/h1,3,7-8H,2,4-6H2/t7-/m0/s1. The molecule has 1 N–H and O–H groups in total. The predicted octanol–water partition coefficient (Wildman–Crippen LogP) is 1.48. The Bertz CT molecular complexity index is 86.4. The minimum atomic E-state index is -0.0613. The molecule has 46 valence electrons. The topological polar surface area (TPSA) is 20.2 Å². The summed E-state index contributed by atoms with van der Waals surface area (Å²) in [6, 6.07) is 0. The van der Waals surface area contributed by atoms with Gasteiger partial charge < -0.3 is 5.11 Å². The van der Waals surface area contributed by atoms with Crippen molar-refractivity contribution in [2.24, 2.45) is 0 Å². The van der Waals surface area contributed by atoms with Crippen LogP contribution in [-0.4, -0.2) is 11.2 Å². The molecule has 0 saturated heterocycles. The first kappa shape index (κ1) is 5.83. The second-order valence-corrected chi connectivity index (χ2v) is 2.29. The molecular formula is C7H12O. The van der Waals surface area contributed by atoms with Gasteiger partial charge in [-0.2, -0.15) is 0 Å². The third-order valence-corrected chi connectivity index (χ3v) is 1.48. The first-order valence-corrected chi connectivity index (χ1v) is 3.22. The average Bonchev–Trinajstić information content (AvgIpc) is 1.94. The highest BCUT2D eigenvalue weighted by molar-refractivity contribution is 4.87. The second kappa shape index (κ2) is 2.88. The Labute approximate surface area is 50.0 Å². The van der Waals surface area contributed by atoms with Crippen LogP contribution >= 0.6 is 0 Å². The summed E-state index contributed by atoms with van der Waals surface area (Å²) in [4.78, 5) is 0. The van der Waals surface area contributed by atoms with Gasteiger partial charge in [0.15, 0.2) is 0 Å². The second-order valence-electron chi connectivity index (χ2n) is 2.29. The fraction of sp³-hybridized carbons (Fsp3) is 0.714. The molecule has 0 heterocycles. The molecule has 1 aliphatic rings. The quantitative estimate of drug-likeness (QED) is 0.470. The molecule has 1 nitrogen and oxygen atoms in total. The highest BCUT2D eigenvalue weighted by atomic mass is 16.3. The van der Waals surface area contributed by atoms with Crippen LogP contribution in [0.3, 0.4) is 0 Å². The molecule has 0 bridgehead atoms. The number of allylic oxidation sites excluding steroid dienone is 1. The van der Waals surface area contributed by atoms with Crippen LogP contribution in [0.25, 0.3) is 0 Å².